The molecule has 2 amide bonds. The first kappa shape index (κ1) is 18.1. The summed E-state index contributed by atoms with van der Waals surface area (Å²) in [5.41, 5.74) is 2.78. The zero-order valence-electron chi connectivity index (χ0n) is 16.0. The second kappa shape index (κ2) is 7.41. The van der Waals surface area contributed by atoms with Gasteiger partial charge in [0, 0.05) is 44.2 Å². The van der Waals surface area contributed by atoms with Crippen LogP contribution in [0.1, 0.15) is 11.3 Å². The summed E-state index contributed by atoms with van der Waals surface area (Å²) in [4.78, 5) is 43.0. The van der Waals surface area contributed by atoms with E-state index >= 15 is 0 Å². The summed E-state index contributed by atoms with van der Waals surface area (Å²) in [5.74, 6) is 1.38. The number of pyridine rings is 1. The predicted molar refractivity (Wildman–Crippen MR) is 102 cm³/mol. The molecule has 0 aliphatic carbocycles. The molecule has 1 fully saturated rings. The standard InChI is InChI=1S/C19H22N6O3/c1-23(2)18-14-5-8-24(16(26)12-25-9-10-28-19(25)27)11-15(14)21-17(22-18)13-3-6-20-7-4-13/h3-4,6-7H,5,8-12H2,1-2H3. The highest BCUT2D eigenvalue weighted by molar-refractivity contribution is 5.83. The number of aromatic nitrogens is 3. The van der Waals surface area contributed by atoms with Crippen molar-refractivity contribution in [2.24, 2.45) is 0 Å². The molecule has 28 heavy (non-hydrogen) atoms. The minimum atomic E-state index is -0.428. The predicted octanol–water partition coefficient (Wildman–Crippen LogP) is 0.941. The van der Waals surface area contributed by atoms with E-state index < -0.39 is 6.09 Å². The van der Waals surface area contributed by atoms with Crippen LogP contribution >= 0.6 is 0 Å². The van der Waals surface area contributed by atoms with Gasteiger partial charge < -0.3 is 14.5 Å². The molecular formula is C19H22N6O3. The van der Waals surface area contributed by atoms with Crippen molar-refractivity contribution in [3.63, 3.8) is 0 Å². The van der Waals surface area contributed by atoms with E-state index in [-0.39, 0.29) is 12.5 Å². The maximum absolute atomic E-state index is 12.7. The second-order valence-electron chi connectivity index (χ2n) is 7.03. The average Bonchev–Trinajstić information content (AvgIpc) is 3.11. The number of anilines is 1. The van der Waals surface area contributed by atoms with E-state index in [9.17, 15) is 9.59 Å². The van der Waals surface area contributed by atoms with Gasteiger partial charge in [-0.25, -0.2) is 14.8 Å². The van der Waals surface area contributed by atoms with Gasteiger partial charge in [-0.2, -0.15) is 0 Å². The molecule has 4 rings (SSSR count). The van der Waals surface area contributed by atoms with Crippen LogP contribution in [0.15, 0.2) is 24.5 Å². The fourth-order valence-corrected chi connectivity index (χ4v) is 3.46. The number of rotatable bonds is 4. The first-order valence-electron chi connectivity index (χ1n) is 9.20. The molecule has 0 saturated carbocycles. The van der Waals surface area contributed by atoms with Gasteiger partial charge in [-0.05, 0) is 18.6 Å². The number of carbonyl (C=O) groups excluding carboxylic acids is 2. The van der Waals surface area contributed by atoms with Gasteiger partial charge in [-0.1, -0.05) is 0 Å². The van der Waals surface area contributed by atoms with E-state index in [1.165, 1.54) is 4.90 Å². The lowest BCUT2D eigenvalue weighted by atomic mass is 10.0. The monoisotopic (exact) mass is 382 g/mol. The largest absolute Gasteiger partial charge is 0.448 e. The lowest BCUT2D eigenvalue weighted by molar-refractivity contribution is -0.132. The van der Waals surface area contributed by atoms with Gasteiger partial charge in [0.1, 0.15) is 19.0 Å². The lowest BCUT2D eigenvalue weighted by Crippen LogP contribution is -2.43. The first-order chi connectivity index (χ1) is 13.5. The van der Waals surface area contributed by atoms with Gasteiger partial charge in [0.25, 0.3) is 0 Å². The number of nitrogens with zero attached hydrogens (tertiary/aromatic N) is 6. The van der Waals surface area contributed by atoms with Crippen molar-refractivity contribution in [1.82, 2.24) is 24.8 Å². The Bertz CT molecular complexity index is 902. The van der Waals surface area contributed by atoms with Gasteiger partial charge >= 0.3 is 6.09 Å². The van der Waals surface area contributed by atoms with Crippen LogP contribution in [0.4, 0.5) is 10.6 Å². The molecule has 0 aromatic carbocycles. The minimum Gasteiger partial charge on any atom is -0.448 e. The Morgan fingerprint density at radius 3 is 2.68 bits per heavy atom. The first-order valence-corrected chi connectivity index (χ1v) is 9.20. The molecule has 0 N–H and O–H groups in total. The smallest absolute Gasteiger partial charge is 0.410 e. The zero-order valence-corrected chi connectivity index (χ0v) is 16.0. The van der Waals surface area contributed by atoms with Crippen molar-refractivity contribution >= 4 is 17.8 Å². The molecule has 2 aliphatic heterocycles. The van der Waals surface area contributed by atoms with Gasteiger partial charge in [-0.15, -0.1) is 0 Å². The van der Waals surface area contributed by atoms with Crippen LogP contribution in [0, 0.1) is 0 Å². The van der Waals surface area contributed by atoms with E-state index in [0.717, 1.165) is 22.6 Å². The van der Waals surface area contributed by atoms with Crippen molar-refractivity contribution in [2.75, 3.05) is 45.2 Å². The molecular weight excluding hydrogens is 360 g/mol. The fourth-order valence-electron chi connectivity index (χ4n) is 3.46. The Labute approximate surface area is 163 Å². The lowest BCUT2D eigenvalue weighted by Gasteiger charge is -2.31. The molecule has 146 valence electrons. The number of carbonyl (C=O) groups is 2. The van der Waals surface area contributed by atoms with Crippen LogP contribution in [0.25, 0.3) is 11.4 Å². The third-order valence-electron chi connectivity index (χ3n) is 4.93. The Morgan fingerprint density at radius 1 is 1.21 bits per heavy atom. The van der Waals surface area contributed by atoms with Crippen molar-refractivity contribution in [1.29, 1.82) is 0 Å². The van der Waals surface area contributed by atoms with Crippen LogP contribution in [0.3, 0.4) is 0 Å². The van der Waals surface area contributed by atoms with Crippen LogP contribution in [-0.4, -0.2) is 77.1 Å². The highest BCUT2D eigenvalue weighted by Gasteiger charge is 2.30. The van der Waals surface area contributed by atoms with Crippen molar-refractivity contribution in [2.45, 2.75) is 13.0 Å². The van der Waals surface area contributed by atoms with Crippen LogP contribution in [0.5, 0.6) is 0 Å². The maximum Gasteiger partial charge on any atom is 0.410 e. The number of hydrogen-bond acceptors (Lipinski definition) is 7. The summed E-state index contributed by atoms with van der Waals surface area (Å²) < 4.78 is 4.90. The van der Waals surface area contributed by atoms with E-state index in [1.807, 2.05) is 31.1 Å². The summed E-state index contributed by atoms with van der Waals surface area (Å²) in [5, 5.41) is 0. The molecule has 1 saturated heterocycles. The normalized spacial score (nSPS) is 16.0. The fraction of sp³-hybridized carbons (Fsp3) is 0.421. The Kier molecular flexibility index (Phi) is 4.81. The number of fused-ring (bicyclic) bond motifs is 1. The Morgan fingerprint density at radius 2 is 2.00 bits per heavy atom. The molecule has 0 bridgehead atoms. The third kappa shape index (κ3) is 3.47. The Hall–Kier alpha value is -3.23. The molecule has 0 unspecified atom stereocenters. The summed E-state index contributed by atoms with van der Waals surface area (Å²) in [6.07, 6.45) is 3.66. The topological polar surface area (TPSA) is 91.8 Å². The quantitative estimate of drug-likeness (QED) is 0.777. The van der Waals surface area contributed by atoms with Crippen LogP contribution < -0.4 is 4.90 Å². The van der Waals surface area contributed by atoms with Gasteiger partial charge in [0.05, 0.1) is 18.8 Å². The van der Waals surface area contributed by atoms with Crippen LogP contribution in [-0.2, 0) is 22.5 Å². The number of cyclic esters (lactones) is 1. The molecule has 0 spiro atoms. The molecule has 0 radical (unpaired) electrons. The Balaban J connectivity index is 1.60. The second-order valence-corrected chi connectivity index (χ2v) is 7.03. The van der Waals surface area contributed by atoms with E-state index in [0.29, 0.717) is 38.5 Å². The number of hydrogen-bond donors (Lipinski definition) is 0. The molecule has 2 aromatic rings. The molecule has 9 nitrogen and oxygen atoms in total. The molecule has 9 heteroatoms. The highest BCUT2D eigenvalue weighted by atomic mass is 16.6. The van der Waals surface area contributed by atoms with Gasteiger partial charge in [0.2, 0.25) is 5.91 Å². The van der Waals surface area contributed by atoms with E-state index in [2.05, 4.69) is 4.98 Å². The summed E-state index contributed by atoms with van der Waals surface area (Å²) in [6, 6.07) is 3.73. The summed E-state index contributed by atoms with van der Waals surface area (Å²) >= 11 is 0. The molecule has 0 atom stereocenters. The SMILES string of the molecule is CN(C)c1nc(-c2ccncc2)nc2c1CCN(C(=O)CN1CCOC1=O)C2. The van der Waals surface area contributed by atoms with Crippen molar-refractivity contribution < 1.29 is 14.3 Å². The van der Waals surface area contributed by atoms with E-state index in [4.69, 9.17) is 14.7 Å². The molecule has 2 aliphatic rings. The van der Waals surface area contributed by atoms with Crippen molar-refractivity contribution in [3.05, 3.63) is 35.8 Å². The average molecular weight is 382 g/mol. The van der Waals surface area contributed by atoms with E-state index in [1.54, 1.807) is 17.3 Å². The number of amides is 2. The summed E-state index contributed by atoms with van der Waals surface area (Å²) in [6.45, 7) is 1.81. The molecule has 4 heterocycles. The maximum atomic E-state index is 12.7. The van der Waals surface area contributed by atoms with Crippen molar-refractivity contribution in [3.8, 4) is 11.4 Å². The number of ether oxygens (including phenoxy) is 1. The minimum absolute atomic E-state index is 0.0387. The van der Waals surface area contributed by atoms with Gasteiger partial charge in [-0.3, -0.25) is 14.7 Å². The van der Waals surface area contributed by atoms with Gasteiger partial charge in [0.15, 0.2) is 5.82 Å². The van der Waals surface area contributed by atoms with Crippen LogP contribution in [0.2, 0.25) is 0 Å². The third-order valence-corrected chi connectivity index (χ3v) is 4.93. The summed E-state index contributed by atoms with van der Waals surface area (Å²) in [7, 11) is 3.91. The molecule has 2 aromatic heterocycles. The zero-order chi connectivity index (χ0) is 19.7. The highest BCUT2D eigenvalue weighted by Crippen LogP contribution is 2.28.